The first-order valence-corrected chi connectivity index (χ1v) is 9.19. The molecule has 0 spiro atoms. The molecule has 2 aromatic rings. The minimum atomic E-state index is 0.0528. The Morgan fingerprint density at radius 2 is 1.54 bits per heavy atom. The second-order valence-electron chi connectivity index (χ2n) is 6.07. The number of hydrogen-bond acceptors (Lipinski definition) is 3. The zero-order valence-corrected chi connectivity index (χ0v) is 14.9. The van der Waals surface area contributed by atoms with Gasteiger partial charge in [-0.2, -0.15) is 0 Å². The van der Waals surface area contributed by atoms with Crippen LogP contribution >= 0.6 is 11.3 Å². The molecule has 0 atom stereocenters. The van der Waals surface area contributed by atoms with Gasteiger partial charge in [0.15, 0.2) is 0 Å². The number of piperazine rings is 1. The fourth-order valence-corrected chi connectivity index (χ4v) is 3.81. The zero-order chi connectivity index (χ0) is 17.1. The Bertz CT molecular complexity index is 728. The Morgan fingerprint density at radius 1 is 0.958 bits per heavy atom. The molecule has 5 heteroatoms. The molecule has 1 aromatic carbocycles. The monoisotopic (exact) mass is 342 g/mol. The first-order chi connectivity index (χ1) is 11.6. The summed E-state index contributed by atoms with van der Waals surface area (Å²) in [6, 6.07) is 9.78. The van der Waals surface area contributed by atoms with E-state index in [0.717, 1.165) is 22.4 Å². The number of carbonyl (C=O) groups is 2. The van der Waals surface area contributed by atoms with Gasteiger partial charge in [-0.1, -0.05) is 19.1 Å². The highest BCUT2D eigenvalue weighted by molar-refractivity contribution is 7.12. The second kappa shape index (κ2) is 7.18. The predicted octanol–water partition coefficient (Wildman–Crippen LogP) is 3.22. The number of rotatable bonds is 3. The van der Waals surface area contributed by atoms with Crippen molar-refractivity contribution in [2.24, 2.45) is 0 Å². The maximum atomic E-state index is 12.6. The molecule has 1 aromatic heterocycles. The summed E-state index contributed by atoms with van der Waals surface area (Å²) in [5, 5.41) is 1.95. The van der Waals surface area contributed by atoms with E-state index in [1.807, 2.05) is 52.4 Å². The summed E-state index contributed by atoms with van der Waals surface area (Å²) in [6.07, 6.45) is 0.970. The van der Waals surface area contributed by atoms with Crippen molar-refractivity contribution in [3.8, 4) is 0 Å². The Labute approximate surface area is 146 Å². The average molecular weight is 342 g/mol. The number of amides is 2. The van der Waals surface area contributed by atoms with Gasteiger partial charge in [0, 0.05) is 31.7 Å². The maximum Gasteiger partial charge on any atom is 0.264 e. The standard InChI is InChI=1S/C19H22N2O2S/c1-3-15-4-6-16(7-5-15)18(22)20-9-11-21(12-10-20)19(23)17-14(2)8-13-24-17/h4-8,13H,3,9-12H2,1-2H3. The lowest BCUT2D eigenvalue weighted by Crippen LogP contribution is -2.50. The molecule has 2 heterocycles. The van der Waals surface area contributed by atoms with E-state index in [2.05, 4.69) is 6.92 Å². The normalized spacial score (nSPS) is 14.8. The van der Waals surface area contributed by atoms with Crippen LogP contribution in [0.25, 0.3) is 0 Å². The SMILES string of the molecule is CCc1ccc(C(=O)N2CCN(C(=O)c3sccc3C)CC2)cc1. The van der Waals surface area contributed by atoms with Gasteiger partial charge in [0.2, 0.25) is 0 Å². The van der Waals surface area contributed by atoms with Crippen molar-refractivity contribution in [2.75, 3.05) is 26.2 Å². The van der Waals surface area contributed by atoms with Crippen molar-refractivity contribution < 1.29 is 9.59 Å². The molecule has 0 saturated carbocycles. The summed E-state index contributed by atoms with van der Waals surface area (Å²) in [4.78, 5) is 29.6. The lowest BCUT2D eigenvalue weighted by Gasteiger charge is -2.34. The molecule has 0 radical (unpaired) electrons. The van der Waals surface area contributed by atoms with Gasteiger partial charge in [0.1, 0.15) is 0 Å². The summed E-state index contributed by atoms with van der Waals surface area (Å²) in [5.41, 5.74) is 2.98. The number of aryl methyl sites for hydroxylation is 2. The Balaban J connectivity index is 1.61. The van der Waals surface area contributed by atoms with Crippen LogP contribution in [0.4, 0.5) is 0 Å². The average Bonchev–Trinajstić information content (AvgIpc) is 3.06. The third-order valence-electron chi connectivity index (χ3n) is 4.52. The van der Waals surface area contributed by atoms with Crippen molar-refractivity contribution in [1.82, 2.24) is 9.80 Å². The zero-order valence-electron chi connectivity index (χ0n) is 14.1. The highest BCUT2D eigenvalue weighted by Crippen LogP contribution is 2.19. The molecule has 126 valence electrons. The van der Waals surface area contributed by atoms with Crippen molar-refractivity contribution in [1.29, 1.82) is 0 Å². The van der Waals surface area contributed by atoms with Crippen molar-refractivity contribution >= 4 is 23.2 Å². The molecule has 1 fully saturated rings. The van der Waals surface area contributed by atoms with Crippen LogP contribution in [0.3, 0.4) is 0 Å². The molecule has 0 bridgehead atoms. The Hall–Kier alpha value is -2.14. The van der Waals surface area contributed by atoms with Crippen LogP contribution in [-0.4, -0.2) is 47.8 Å². The fraction of sp³-hybridized carbons (Fsp3) is 0.368. The molecular weight excluding hydrogens is 320 g/mol. The summed E-state index contributed by atoms with van der Waals surface area (Å²) in [5.74, 6) is 0.138. The van der Waals surface area contributed by atoms with Gasteiger partial charge in [-0.25, -0.2) is 0 Å². The molecule has 1 aliphatic rings. The van der Waals surface area contributed by atoms with Gasteiger partial charge in [0.05, 0.1) is 4.88 Å². The smallest absolute Gasteiger partial charge is 0.264 e. The quantitative estimate of drug-likeness (QED) is 0.859. The number of thiophene rings is 1. The molecule has 1 saturated heterocycles. The van der Waals surface area contributed by atoms with E-state index in [9.17, 15) is 9.59 Å². The number of carbonyl (C=O) groups excluding carboxylic acids is 2. The van der Waals surface area contributed by atoms with E-state index >= 15 is 0 Å². The first-order valence-electron chi connectivity index (χ1n) is 8.31. The Morgan fingerprint density at radius 3 is 2.04 bits per heavy atom. The Kier molecular flexibility index (Phi) is 5.00. The lowest BCUT2D eigenvalue weighted by molar-refractivity contribution is 0.0537. The molecule has 3 rings (SSSR count). The number of nitrogens with zero attached hydrogens (tertiary/aromatic N) is 2. The molecule has 24 heavy (non-hydrogen) atoms. The van der Waals surface area contributed by atoms with Crippen molar-refractivity contribution in [3.05, 3.63) is 57.3 Å². The van der Waals surface area contributed by atoms with E-state index in [4.69, 9.17) is 0 Å². The van der Waals surface area contributed by atoms with Crippen LogP contribution in [0.15, 0.2) is 35.7 Å². The van der Waals surface area contributed by atoms with E-state index in [1.54, 1.807) is 0 Å². The van der Waals surface area contributed by atoms with Crippen LogP contribution in [0.5, 0.6) is 0 Å². The van der Waals surface area contributed by atoms with Crippen LogP contribution in [0.1, 0.15) is 38.1 Å². The van der Waals surface area contributed by atoms with E-state index < -0.39 is 0 Å². The molecule has 1 aliphatic heterocycles. The fourth-order valence-electron chi connectivity index (χ4n) is 2.91. The van der Waals surface area contributed by atoms with Gasteiger partial charge in [0.25, 0.3) is 11.8 Å². The largest absolute Gasteiger partial charge is 0.335 e. The topological polar surface area (TPSA) is 40.6 Å². The van der Waals surface area contributed by atoms with Crippen molar-refractivity contribution in [2.45, 2.75) is 20.3 Å². The third-order valence-corrected chi connectivity index (χ3v) is 5.52. The van der Waals surface area contributed by atoms with Crippen LogP contribution < -0.4 is 0 Å². The second-order valence-corrected chi connectivity index (χ2v) is 6.98. The van der Waals surface area contributed by atoms with Crippen molar-refractivity contribution in [3.63, 3.8) is 0 Å². The molecular formula is C19H22N2O2S. The summed E-state index contributed by atoms with van der Waals surface area (Å²) < 4.78 is 0. The molecule has 2 amide bonds. The van der Waals surface area contributed by atoms with Crippen LogP contribution in [-0.2, 0) is 6.42 Å². The summed E-state index contributed by atoms with van der Waals surface area (Å²) in [6.45, 7) is 6.42. The van der Waals surface area contributed by atoms with Gasteiger partial charge >= 0.3 is 0 Å². The lowest BCUT2D eigenvalue weighted by atomic mass is 10.1. The van der Waals surface area contributed by atoms with Gasteiger partial charge in [-0.15, -0.1) is 11.3 Å². The van der Waals surface area contributed by atoms with Gasteiger partial charge in [-0.05, 0) is 48.1 Å². The number of benzene rings is 1. The highest BCUT2D eigenvalue weighted by Gasteiger charge is 2.26. The maximum absolute atomic E-state index is 12.6. The summed E-state index contributed by atoms with van der Waals surface area (Å²) >= 11 is 1.49. The van der Waals surface area contributed by atoms with Gasteiger partial charge < -0.3 is 9.80 Å². The predicted molar refractivity (Wildman–Crippen MR) is 96.7 cm³/mol. The van der Waals surface area contributed by atoms with E-state index in [-0.39, 0.29) is 11.8 Å². The highest BCUT2D eigenvalue weighted by atomic mass is 32.1. The first kappa shape index (κ1) is 16.7. The number of hydrogen-bond donors (Lipinski definition) is 0. The van der Waals surface area contributed by atoms with Gasteiger partial charge in [-0.3, -0.25) is 9.59 Å². The molecule has 0 unspecified atom stereocenters. The van der Waals surface area contributed by atoms with Crippen LogP contribution in [0, 0.1) is 6.92 Å². The molecule has 0 aliphatic carbocycles. The van der Waals surface area contributed by atoms with E-state index in [0.29, 0.717) is 26.2 Å². The van der Waals surface area contributed by atoms with Crippen LogP contribution in [0.2, 0.25) is 0 Å². The molecule has 4 nitrogen and oxygen atoms in total. The minimum Gasteiger partial charge on any atom is -0.335 e. The molecule has 0 N–H and O–H groups in total. The minimum absolute atomic E-state index is 0.0528. The van der Waals surface area contributed by atoms with E-state index in [1.165, 1.54) is 16.9 Å². The summed E-state index contributed by atoms with van der Waals surface area (Å²) in [7, 11) is 0. The third kappa shape index (κ3) is 3.36.